The second-order valence-corrected chi connectivity index (χ2v) is 11.1. The van der Waals surface area contributed by atoms with E-state index in [1.807, 2.05) is 51.1 Å². The van der Waals surface area contributed by atoms with E-state index < -0.39 is 18.0 Å². The SMILES string of the molecule is CC(C)(C)OC(=O)N1Cc2cc(Cl)ccc2-n2c(nnc2[C@H]2CC[C@H](C3C=CC=NC3F)CC2)C1. The largest absolute Gasteiger partial charge is 0.444 e. The second kappa shape index (κ2) is 9.37. The fraction of sp³-hybridized carbons (Fsp3) is 0.538. The van der Waals surface area contributed by atoms with Gasteiger partial charge < -0.3 is 4.74 Å². The minimum atomic E-state index is -1.15. The number of aromatic nitrogens is 3. The number of halogens is 2. The lowest BCUT2D eigenvalue weighted by Gasteiger charge is -2.33. The van der Waals surface area contributed by atoms with Gasteiger partial charge in [-0.15, -0.1) is 10.2 Å². The summed E-state index contributed by atoms with van der Waals surface area (Å²) in [5.74, 6) is 1.92. The van der Waals surface area contributed by atoms with Crippen molar-refractivity contribution < 1.29 is 13.9 Å². The van der Waals surface area contributed by atoms with E-state index in [0.717, 1.165) is 42.8 Å². The number of fused-ring (bicyclic) bond motifs is 3. The normalized spacial score (nSPS) is 26.1. The predicted molar refractivity (Wildman–Crippen MR) is 133 cm³/mol. The van der Waals surface area contributed by atoms with E-state index in [0.29, 0.717) is 17.4 Å². The van der Waals surface area contributed by atoms with Gasteiger partial charge in [-0.05, 0) is 82.2 Å². The average molecular weight is 500 g/mol. The maximum Gasteiger partial charge on any atom is 0.411 e. The number of carbonyl (C=O) groups is 1. The smallest absolute Gasteiger partial charge is 0.411 e. The van der Waals surface area contributed by atoms with Crippen LogP contribution in [-0.4, -0.2) is 43.9 Å². The van der Waals surface area contributed by atoms with Crippen molar-refractivity contribution in [3.05, 3.63) is 52.6 Å². The molecule has 1 fully saturated rings. The molecular weight excluding hydrogens is 469 g/mol. The highest BCUT2D eigenvalue weighted by molar-refractivity contribution is 6.30. The molecule has 0 bridgehead atoms. The van der Waals surface area contributed by atoms with E-state index in [2.05, 4.69) is 19.8 Å². The molecule has 2 atom stereocenters. The van der Waals surface area contributed by atoms with Gasteiger partial charge in [0, 0.05) is 23.1 Å². The van der Waals surface area contributed by atoms with Crippen LogP contribution in [0.3, 0.4) is 0 Å². The van der Waals surface area contributed by atoms with Gasteiger partial charge in [0.15, 0.2) is 12.1 Å². The molecule has 2 aromatic rings. The highest BCUT2D eigenvalue weighted by Crippen LogP contribution is 2.42. The number of hydrogen-bond donors (Lipinski definition) is 0. The number of carbonyl (C=O) groups excluding carboxylic acids is 1. The van der Waals surface area contributed by atoms with Crippen molar-refractivity contribution in [2.24, 2.45) is 16.8 Å². The molecule has 2 aliphatic heterocycles. The van der Waals surface area contributed by atoms with Crippen LogP contribution in [0.1, 0.15) is 69.6 Å². The van der Waals surface area contributed by atoms with E-state index in [4.69, 9.17) is 16.3 Å². The highest BCUT2D eigenvalue weighted by Gasteiger charge is 2.36. The Kier molecular flexibility index (Phi) is 6.42. The summed E-state index contributed by atoms with van der Waals surface area (Å²) in [4.78, 5) is 18.5. The van der Waals surface area contributed by atoms with Crippen molar-refractivity contribution in [3.63, 3.8) is 0 Å². The van der Waals surface area contributed by atoms with Crippen molar-refractivity contribution in [2.75, 3.05) is 0 Å². The topological polar surface area (TPSA) is 72.6 Å². The molecule has 5 rings (SSSR count). The van der Waals surface area contributed by atoms with Crippen molar-refractivity contribution in [3.8, 4) is 5.69 Å². The van der Waals surface area contributed by atoms with Crippen molar-refractivity contribution in [2.45, 2.75) is 77.4 Å². The first kappa shape index (κ1) is 24.0. The summed E-state index contributed by atoms with van der Waals surface area (Å²) in [5, 5.41) is 9.71. The van der Waals surface area contributed by atoms with E-state index in [-0.39, 0.29) is 24.3 Å². The second-order valence-electron chi connectivity index (χ2n) is 10.7. The number of alkyl halides is 1. The van der Waals surface area contributed by atoms with Gasteiger partial charge in [-0.25, -0.2) is 9.18 Å². The van der Waals surface area contributed by atoms with Crippen LogP contribution in [-0.2, 0) is 17.8 Å². The van der Waals surface area contributed by atoms with Crippen LogP contribution in [0.15, 0.2) is 35.3 Å². The molecule has 0 spiro atoms. The Morgan fingerprint density at radius 3 is 2.63 bits per heavy atom. The quantitative estimate of drug-likeness (QED) is 0.475. The van der Waals surface area contributed by atoms with Crippen LogP contribution in [0, 0.1) is 11.8 Å². The molecular formula is C26H31ClFN5O2. The predicted octanol–water partition coefficient (Wildman–Crippen LogP) is 6.00. The maximum atomic E-state index is 14.3. The molecule has 0 radical (unpaired) electrons. The summed E-state index contributed by atoms with van der Waals surface area (Å²) in [6.45, 7) is 6.21. The number of hydrogen-bond acceptors (Lipinski definition) is 5. The molecule has 35 heavy (non-hydrogen) atoms. The molecule has 1 aromatic carbocycles. The number of amides is 1. The van der Waals surface area contributed by atoms with E-state index >= 15 is 0 Å². The summed E-state index contributed by atoms with van der Waals surface area (Å²) in [7, 11) is 0. The van der Waals surface area contributed by atoms with E-state index in [1.165, 1.54) is 0 Å². The Hall–Kier alpha value is -2.74. The zero-order valence-electron chi connectivity index (χ0n) is 20.3. The van der Waals surface area contributed by atoms with Crippen molar-refractivity contribution in [1.82, 2.24) is 19.7 Å². The van der Waals surface area contributed by atoms with Gasteiger partial charge in [0.1, 0.15) is 11.4 Å². The van der Waals surface area contributed by atoms with Gasteiger partial charge in [-0.3, -0.25) is 14.5 Å². The zero-order chi connectivity index (χ0) is 24.7. The number of rotatable bonds is 2. The van der Waals surface area contributed by atoms with Crippen LogP contribution in [0.5, 0.6) is 0 Å². The van der Waals surface area contributed by atoms with Gasteiger partial charge in [-0.2, -0.15) is 0 Å². The number of aliphatic imine (C=N–C) groups is 1. The van der Waals surface area contributed by atoms with Crippen LogP contribution in [0.4, 0.5) is 9.18 Å². The molecule has 1 aliphatic carbocycles. The molecule has 1 saturated carbocycles. The van der Waals surface area contributed by atoms with Crippen LogP contribution in [0.25, 0.3) is 5.69 Å². The lowest BCUT2D eigenvalue weighted by molar-refractivity contribution is 0.0214. The minimum absolute atomic E-state index is 0.151. The molecule has 7 nitrogen and oxygen atoms in total. The fourth-order valence-corrected chi connectivity index (χ4v) is 5.59. The molecule has 0 N–H and O–H groups in total. The third-order valence-corrected chi connectivity index (χ3v) is 7.26. The summed E-state index contributed by atoms with van der Waals surface area (Å²) in [6.07, 6.45) is 7.44. The summed E-state index contributed by atoms with van der Waals surface area (Å²) in [6, 6.07) is 5.71. The number of dihydropyridines is 1. The Labute approximate surface area is 210 Å². The third-order valence-electron chi connectivity index (χ3n) is 7.03. The molecule has 186 valence electrons. The highest BCUT2D eigenvalue weighted by atomic mass is 35.5. The number of ether oxygens (including phenoxy) is 1. The first-order valence-electron chi connectivity index (χ1n) is 12.2. The molecule has 3 heterocycles. The molecule has 2 unspecified atom stereocenters. The summed E-state index contributed by atoms with van der Waals surface area (Å²) in [5.41, 5.74) is 1.25. The van der Waals surface area contributed by atoms with Crippen LogP contribution < -0.4 is 0 Å². The molecule has 0 saturated heterocycles. The lowest BCUT2D eigenvalue weighted by Crippen LogP contribution is -2.35. The van der Waals surface area contributed by atoms with Crippen molar-refractivity contribution in [1.29, 1.82) is 0 Å². The molecule has 3 aliphatic rings. The lowest BCUT2D eigenvalue weighted by atomic mass is 9.74. The van der Waals surface area contributed by atoms with Gasteiger partial charge in [-0.1, -0.05) is 17.7 Å². The zero-order valence-corrected chi connectivity index (χ0v) is 21.1. The Bertz CT molecular complexity index is 1160. The number of allylic oxidation sites excluding steroid dienone is 1. The number of nitrogens with zero attached hydrogens (tertiary/aromatic N) is 5. The standard InChI is InChI=1S/C26H31ClFN5O2/c1-26(2,3)35-25(34)32-14-18-13-19(27)10-11-21(18)33-22(15-32)30-31-24(33)17-8-6-16(7-9-17)20-5-4-12-29-23(20)28/h4-5,10-13,16-17,20,23H,6-9,14-15H2,1-3H3/t16-,17-,20?,23?. The molecule has 9 heteroatoms. The number of benzene rings is 1. The Morgan fingerprint density at radius 2 is 1.91 bits per heavy atom. The first-order valence-corrected chi connectivity index (χ1v) is 12.6. The fourth-order valence-electron chi connectivity index (χ4n) is 5.39. The van der Waals surface area contributed by atoms with Gasteiger partial charge >= 0.3 is 6.09 Å². The van der Waals surface area contributed by atoms with Crippen LogP contribution >= 0.6 is 11.6 Å². The van der Waals surface area contributed by atoms with E-state index in [9.17, 15) is 9.18 Å². The monoisotopic (exact) mass is 499 g/mol. The van der Waals surface area contributed by atoms with Gasteiger partial charge in [0.05, 0.1) is 18.8 Å². The minimum Gasteiger partial charge on any atom is -0.444 e. The van der Waals surface area contributed by atoms with E-state index in [1.54, 1.807) is 11.1 Å². The summed E-state index contributed by atoms with van der Waals surface area (Å²) < 4.78 is 22.1. The third kappa shape index (κ3) is 4.99. The van der Waals surface area contributed by atoms with Gasteiger partial charge in [0.2, 0.25) is 0 Å². The summed E-state index contributed by atoms with van der Waals surface area (Å²) >= 11 is 6.33. The van der Waals surface area contributed by atoms with Crippen molar-refractivity contribution >= 4 is 23.9 Å². The molecule has 1 aromatic heterocycles. The average Bonchev–Trinajstić information content (AvgIpc) is 3.14. The first-order chi connectivity index (χ1) is 16.7. The maximum absolute atomic E-state index is 14.3. The molecule has 1 amide bonds. The Balaban J connectivity index is 1.42. The Morgan fingerprint density at radius 1 is 1.14 bits per heavy atom. The van der Waals surface area contributed by atoms with Crippen LogP contribution in [0.2, 0.25) is 5.02 Å². The van der Waals surface area contributed by atoms with Gasteiger partial charge in [0.25, 0.3) is 0 Å².